The van der Waals surface area contributed by atoms with Gasteiger partial charge in [-0.1, -0.05) is 0 Å². The van der Waals surface area contributed by atoms with E-state index in [1.807, 2.05) is 0 Å². The lowest BCUT2D eigenvalue weighted by atomic mass is 10.1. The Morgan fingerprint density at radius 1 is 1.24 bits per heavy atom. The normalized spacial score (nSPS) is 29.7. The highest BCUT2D eigenvalue weighted by atomic mass is 19.1. The molecule has 4 heterocycles. The molecule has 0 amide bonds. The van der Waals surface area contributed by atoms with Crippen LogP contribution in [0, 0.1) is 0 Å². The molecule has 1 fully saturated rings. The van der Waals surface area contributed by atoms with Gasteiger partial charge in [-0.15, -0.1) is 10.2 Å². The second-order valence-corrected chi connectivity index (χ2v) is 4.81. The fourth-order valence-corrected chi connectivity index (χ4v) is 2.52. The van der Waals surface area contributed by atoms with Crippen molar-refractivity contribution in [2.45, 2.75) is 24.6 Å². The van der Waals surface area contributed by atoms with Crippen LogP contribution in [0.15, 0.2) is 19.0 Å². The number of imidazole rings is 1. The maximum Gasteiger partial charge on any atom is 0.191 e. The average Bonchev–Trinajstić information content (AvgIpc) is 3.17. The van der Waals surface area contributed by atoms with Crippen molar-refractivity contribution in [1.82, 2.24) is 29.1 Å². The first-order valence-electron chi connectivity index (χ1n) is 6.30. The Morgan fingerprint density at radius 3 is 2.86 bits per heavy atom. The van der Waals surface area contributed by atoms with Gasteiger partial charge >= 0.3 is 0 Å². The van der Waals surface area contributed by atoms with E-state index in [1.165, 1.54) is 23.5 Å². The number of aliphatic hydroxyl groups is 2. The third kappa shape index (κ3) is 1.66. The molecule has 0 radical (unpaired) electrons. The Bertz CT molecular complexity index is 804. The van der Waals surface area contributed by atoms with Gasteiger partial charge in [0.2, 0.25) is 0 Å². The molecular weight excluding hydrogens is 283 g/mol. The number of ether oxygens (including phenoxy) is 1. The lowest BCUT2D eigenvalue weighted by Crippen LogP contribution is -2.30. The smallest absolute Gasteiger partial charge is 0.191 e. The van der Waals surface area contributed by atoms with E-state index in [4.69, 9.17) is 9.84 Å². The molecule has 3 aromatic heterocycles. The van der Waals surface area contributed by atoms with E-state index in [9.17, 15) is 9.50 Å². The van der Waals surface area contributed by atoms with Crippen LogP contribution in [-0.4, -0.2) is 64.3 Å². The molecule has 0 aromatic carbocycles. The van der Waals surface area contributed by atoms with Crippen LogP contribution < -0.4 is 0 Å². The zero-order chi connectivity index (χ0) is 14.6. The molecule has 21 heavy (non-hydrogen) atoms. The standard InChI is InChI=1S/C11H11FN6O3/c12-6-8(20)5(1-19)21-11(6)18-3-13-7-9(18)14-2-17-4-15-16-10(7)17/h2-6,8,11,19-20H,1H2/t5-,6-,8-,11-/m1/s1. The Hall–Kier alpha value is -2.17. The molecular formula is C11H11FN6O3. The van der Waals surface area contributed by atoms with Gasteiger partial charge < -0.3 is 14.9 Å². The number of aliphatic hydroxyl groups excluding tert-OH is 2. The van der Waals surface area contributed by atoms with Crippen molar-refractivity contribution < 1.29 is 19.3 Å². The van der Waals surface area contributed by atoms with Gasteiger partial charge in [-0.25, -0.2) is 14.4 Å². The van der Waals surface area contributed by atoms with Crippen molar-refractivity contribution in [3.8, 4) is 0 Å². The fraction of sp³-hybridized carbons (Fsp3) is 0.455. The van der Waals surface area contributed by atoms with Crippen LogP contribution in [0.25, 0.3) is 16.8 Å². The van der Waals surface area contributed by atoms with Crippen LogP contribution in [0.3, 0.4) is 0 Å². The quantitative estimate of drug-likeness (QED) is 0.627. The predicted molar refractivity (Wildman–Crippen MR) is 66.0 cm³/mol. The monoisotopic (exact) mass is 294 g/mol. The summed E-state index contributed by atoms with van der Waals surface area (Å²) < 4.78 is 22.5. The molecule has 10 heteroatoms. The summed E-state index contributed by atoms with van der Waals surface area (Å²) in [5, 5.41) is 26.5. The van der Waals surface area contributed by atoms with Crippen molar-refractivity contribution >= 4 is 16.8 Å². The van der Waals surface area contributed by atoms with Gasteiger partial charge in [0.05, 0.1) is 12.9 Å². The number of aromatic nitrogens is 6. The van der Waals surface area contributed by atoms with Gasteiger partial charge in [0.25, 0.3) is 0 Å². The highest BCUT2D eigenvalue weighted by molar-refractivity contribution is 5.84. The van der Waals surface area contributed by atoms with Gasteiger partial charge in [-0.2, -0.15) is 0 Å². The molecule has 3 aromatic rings. The maximum atomic E-state index is 14.2. The number of alkyl halides is 1. The van der Waals surface area contributed by atoms with E-state index in [0.29, 0.717) is 16.8 Å². The molecule has 0 aliphatic carbocycles. The summed E-state index contributed by atoms with van der Waals surface area (Å²) in [4.78, 5) is 8.35. The first-order valence-corrected chi connectivity index (χ1v) is 6.30. The van der Waals surface area contributed by atoms with Crippen LogP contribution in [0.5, 0.6) is 0 Å². The molecule has 0 spiro atoms. The molecule has 4 atom stereocenters. The second kappa shape index (κ2) is 4.41. The van der Waals surface area contributed by atoms with Gasteiger partial charge in [0, 0.05) is 0 Å². The van der Waals surface area contributed by atoms with E-state index >= 15 is 0 Å². The summed E-state index contributed by atoms with van der Waals surface area (Å²) in [7, 11) is 0. The molecule has 1 aliphatic heterocycles. The molecule has 0 bridgehead atoms. The summed E-state index contributed by atoms with van der Waals surface area (Å²) >= 11 is 0. The number of fused-ring (bicyclic) bond motifs is 3. The van der Waals surface area contributed by atoms with Crippen LogP contribution in [0.4, 0.5) is 4.39 Å². The fourth-order valence-electron chi connectivity index (χ4n) is 2.52. The third-order valence-electron chi connectivity index (χ3n) is 3.60. The van der Waals surface area contributed by atoms with Gasteiger partial charge in [-0.3, -0.25) is 8.97 Å². The van der Waals surface area contributed by atoms with Crippen LogP contribution >= 0.6 is 0 Å². The van der Waals surface area contributed by atoms with E-state index in [1.54, 1.807) is 4.40 Å². The molecule has 110 valence electrons. The van der Waals surface area contributed by atoms with E-state index in [0.717, 1.165) is 0 Å². The SMILES string of the molecule is OC[C@H]1O[C@@H](n2cnc3c2ncn2cnnc32)[C@H](F)[C@@H]1O. The summed E-state index contributed by atoms with van der Waals surface area (Å²) in [6.45, 7) is -0.466. The van der Waals surface area contributed by atoms with Crippen LogP contribution in [-0.2, 0) is 4.74 Å². The van der Waals surface area contributed by atoms with Crippen molar-refractivity contribution in [2.24, 2.45) is 0 Å². The zero-order valence-electron chi connectivity index (χ0n) is 10.6. The Labute approximate surface area is 116 Å². The zero-order valence-corrected chi connectivity index (χ0v) is 10.6. The topological polar surface area (TPSA) is 111 Å². The van der Waals surface area contributed by atoms with E-state index < -0.39 is 31.2 Å². The second-order valence-electron chi connectivity index (χ2n) is 4.81. The van der Waals surface area contributed by atoms with Crippen LogP contribution in [0.2, 0.25) is 0 Å². The Balaban J connectivity index is 1.84. The van der Waals surface area contributed by atoms with Crippen molar-refractivity contribution in [2.75, 3.05) is 6.61 Å². The van der Waals surface area contributed by atoms with Crippen molar-refractivity contribution in [1.29, 1.82) is 0 Å². The molecule has 1 saturated heterocycles. The largest absolute Gasteiger partial charge is 0.394 e. The first kappa shape index (κ1) is 12.6. The van der Waals surface area contributed by atoms with E-state index in [-0.39, 0.29) is 0 Å². The number of nitrogens with zero attached hydrogens (tertiary/aromatic N) is 6. The Kier molecular flexibility index (Phi) is 2.64. The molecule has 9 nitrogen and oxygen atoms in total. The minimum absolute atomic E-state index is 0.369. The van der Waals surface area contributed by atoms with Crippen molar-refractivity contribution in [3.05, 3.63) is 19.0 Å². The third-order valence-corrected chi connectivity index (χ3v) is 3.60. The first-order chi connectivity index (χ1) is 10.2. The van der Waals surface area contributed by atoms with Crippen molar-refractivity contribution in [3.63, 3.8) is 0 Å². The van der Waals surface area contributed by atoms with Gasteiger partial charge in [-0.05, 0) is 0 Å². The average molecular weight is 294 g/mol. The number of rotatable bonds is 2. The highest BCUT2D eigenvalue weighted by Crippen LogP contribution is 2.33. The molecule has 2 N–H and O–H groups in total. The lowest BCUT2D eigenvalue weighted by Gasteiger charge is -2.14. The minimum Gasteiger partial charge on any atom is -0.394 e. The molecule has 1 aliphatic rings. The molecule has 0 unspecified atom stereocenters. The molecule has 4 rings (SSSR count). The number of halogens is 1. The van der Waals surface area contributed by atoms with Gasteiger partial charge in [0.15, 0.2) is 29.2 Å². The van der Waals surface area contributed by atoms with E-state index in [2.05, 4.69) is 20.2 Å². The lowest BCUT2D eigenvalue weighted by molar-refractivity contribution is -0.0459. The highest BCUT2D eigenvalue weighted by Gasteiger charge is 2.45. The van der Waals surface area contributed by atoms with Gasteiger partial charge in [0.1, 0.15) is 24.9 Å². The molecule has 0 saturated carbocycles. The summed E-state index contributed by atoms with van der Waals surface area (Å²) in [6, 6.07) is 0. The summed E-state index contributed by atoms with van der Waals surface area (Å²) in [6.07, 6.45) is -0.811. The minimum atomic E-state index is -1.68. The predicted octanol–water partition coefficient (Wildman–Crippen LogP) is -0.937. The Morgan fingerprint density at radius 2 is 2.10 bits per heavy atom. The van der Waals surface area contributed by atoms with Crippen LogP contribution in [0.1, 0.15) is 6.23 Å². The summed E-state index contributed by atoms with van der Waals surface area (Å²) in [5.74, 6) is 0. The number of hydrogen-bond donors (Lipinski definition) is 2. The number of hydrogen-bond acceptors (Lipinski definition) is 7. The maximum absolute atomic E-state index is 14.2. The summed E-state index contributed by atoms with van der Waals surface area (Å²) in [5.41, 5.74) is 1.31.